The topological polar surface area (TPSA) is 42.9 Å². The first-order valence-corrected chi connectivity index (χ1v) is 7.34. The van der Waals surface area contributed by atoms with Gasteiger partial charge in [-0.05, 0) is 24.3 Å². The maximum absolute atomic E-state index is 11.9. The molecule has 0 radical (unpaired) electrons. The monoisotopic (exact) mass is 292 g/mol. The summed E-state index contributed by atoms with van der Waals surface area (Å²) in [5.74, 6) is -0.0699. The van der Waals surface area contributed by atoms with Crippen molar-refractivity contribution in [2.24, 2.45) is 0 Å². The van der Waals surface area contributed by atoms with E-state index < -0.39 is 0 Å². The van der Waals surface area contributed by atoms with Crippen LogP contribution in [0.15, 0.2) is 66.3 Å². The van der Waals surface area contributed by atoms with Gasteiger partial charge in [-0.25, -0.2) is 4.98 Å². The van der Waals surface area contributed by atoms with Gasteiger partial charge in [0.25, 0.3) is 0 Å². The molecular weight excluding hydrogens is 280 g/mol. The van der Waals surface area contributed by atoms with Crippen LogP contribution in [0, 0.1) is 0 Å². The van der Waals surface area contributed by atoms with Gasteiger partial charge in [-0.2, -0.15) is 0 Å². The predicted molar refractivity (Wildman–Crippen MR) is 85.2 cm³/mol. The minimum Gasteiger partial charge on any atom is -0.289 e. The van der Waals surface area contributed by atoms with Crippen LogP contribution in [0.5, 0.6) is 0 Å². The van der Waals surface area contributed by atoms with E-state index in [1.807, 2.05) is 35.7 Å². The van der Waals surface area contributed by atoms with Gasteiger partial charge in [-0.1, -0.05) is 30.3 Å². The molecule has 3 nitrogen and oxygen atoms in total. The van der Waals surface area contributed by atoms with Crippen molar-refractivity contribution in [3.63, 3.8) is 0 Å². The lowest BCUT2D eigenvalue weighted by Crippen LogP contribution is -1.93. The third kappa shape index (κ3) is 3.30. The van der Waals surface area contributed by atoms with E-state index in [2.05, 4.69) is 9.97 Å². The molecular formula is C17H12N2OS. The van der Waals surface area contributed by atoms with Crippen molar-refractivity contribution in [1.82, 2.24) is 9.97 Å². The third-order valence-electron chi connectivity index (χ3n) is 2.91. The number of carbonyl (C=O) groups is 1. The smallest absolute Gasteiger partial charge is 0.187 e. The summed E-state index contributed by atoms with van der Waals surface area (Å²) in [5.41, 5.74) is 2.58. The standard InChI is InChI=1S/C17H12N2OS/c20-16(14-7-4-10-18-11-14)8-9-17-19-15(12-21-17)13-5-2-1-3-6-13/h1-12H. The van der Waals surface area contributed by atoms with Crippen molar-refractivity contribution in [1.29, 1.82) is 0 Å². The molecule has 0 saturated heterocycles. The average Bonchev–Trinajstić information content (AvgIpc) is 3.03. The number of hydrogen-bond donors (Lipinski definition) is 0. The van der Waals surface area contributed by atoms with Gasteiger partial charge in [0.15, 0.2) is 5.78 Å². The van der Waals surface area contributed by atoms with E-state index in [1.54, 1.807) is 30.6 Å². The van der Waals surface area contributed by atoms with Crippen molar-refractivity contribution < 1.29 is 4.79 Å². The number of aromatic nitrogens is 2. The maximum Gasteiger partial charge on any atom is 0.187 e. The lowest BCUT2D eigenvalue weighted by molar-refractivity contribution is 0.104. The Morgan fingerprint density at radius 1 is 1.10 bits per heavy atom. The van der Waals surface area contributed by atoms with Crippen LogP contribution in [-0.2, 0) is 0 Å². The van der Waals surface area contributed by atoms with Crippen molar-refractivity contribution >= 4 is 23.2 Å². The molecule has 3 aromatic rings. The maximum atomic E-state index is 11.9. The van der Waals surface area contributed by atoms with Crippen LogP contribution in [0.4, 0.5) is 0 Å². The van der Waals surface area contributed by atoms with Crippen LogP contribution in [0.25, 0.3) is 17.3 Å². The second-order valence-corrected chi connectivity index (χ2v) is 5.27. The predicted octanol–water partition coefficient (Wildman–Crippen LogP) is 4.10. The molecule has 1 aromatic carbocycles. The summed E-state index contributed by atoms with van der Waals surface area (Å²) in [6.07, 6.45) is 6.48. The zero-order valence-electron chi connectivity index (χ0n) is 11.1. The number of pyridine rings is 1. The second-order valence-electron chi connectivity index (χ2n) is 4.38. The fraction of sp³-hybridized carbons (Fsp3) is 0. The Kier molecular flexibility index (Phi) is 3.98. The lowest BCUT2D eigenvalue weighted by Gasteiger charge is -1.94. The molecule has 0 fully saturated rings. The molecule has 4 heteroatoms. The van der Waals surface area contributed by atoms with Crippen LogP contribution in [0.2, 0.25) is 0 Å². The number of rotatable bonds is 4. The molecule has 3 rings (SSSR count). The molecule has 21 heavy (non-hydrogen) atoms. The second kappa shape index (κ2) is 6.24. The average molecular weight is 292 g/mol. The van der Waals surface area contributed by atoms with Gasteiger partial charge in [0, 0.05) is 28.9 Å². The summed E-state index contributed by atoms with van der Waals surface area (Å²) in [5, 5.41) is 2.80. The Morgan fingerprint density at radius 2 is 1.95 bits per heavy atom. The molecule has 0 aliphatic heterocycles. The van der Waals surface area contributed by atoms with Crippen LogP contribution >= 0.6 is 11.3 Å². The summed E-state index contributed by atoms with van der Waals surface area (Å²) < 4.78 is 0. The van der Waals surface area contributed by atoms with Crippen LogP contribution in [0.3, 0.4) is 0 Å². The van der Waals surface area contributed by atoms with E-state index in [-0.39, 0.29) is 5.78 Å². The normalized spacial score (nSPS) is 10.9. The molecule has 0 aliphatic rings. The van der Waals surface area contributed by atoms with E-state index >= 15 is 0 Å². The van der Waals surface area contributed by atoms with E-state index in [4.69, 9.17) is 0 Å². The molecule has 0 amide bonds. The molecule has 0 saturated carbocycles. The molecule has 0 unspecified atom stereocenters. The van der Waals surface area contributed by atoms with Gasteiger partial charge in [0.1, 0.15) is 5.01 Å². The van der Waals surface area contributed by atoms with Crippen molar-refractivity contribution in [2.45, 2.75) is 0 Å². The minimum absolute atomic E-state index is 0.0699. The Labute approximate surface area is 126 Å². The van der Waals surface area contributed by atoms with Crippen LogP contribution in [-0.4, -0.2) is 15.8 Å². The van der Waals surface area contributed by atoms with E-state index in [0.29, 0.717) is 5.56 Å². The Bertz CT molecular complexity index is 764. The van der Waals surface area contributed by atoms with Gasteiger partial charge in [-0.3, -0.25) is 9.78 Å². The first-order chi connectivity index (χ1) is 10.3. The minimum atomic E-state index is -0.0699. The summed E-state index contributed by atoms with van der Waals surface area (Å²) in [6.45, 7) is 0. The summed E-state index contributed by atoms with van der Waals surface area (Å²) in [4.78, 5) is 20.4. The highest BCUT2D eigenvalue weighted by atomic mass is 32.1. The molecule has 0 N–H and O–H groups in total. The van der Waals surface area contributed by atoms with Crippen molar-refractivity contribution in [3.8, 4) is 11.3 Å². The number of allylic oxidation sites excluding steroid dienone is 1. The molecule has 2 heterocycles. The quantitative estimate of drug-likeness (QED) is 0.537. The van der Waals surface area contributed by atoms with Gasteiger partial charge < -0.3 is 0 Å². The molecule has 0 aliphatic carbocycles. The van der Waals surface area contributed by atoms with E-state index in [1.165, 1.54) is 17.4 Å². The number of ketones is 1. The lowest BCUT2D eigenvalue weighted by atomic mass is 10.2. The number of benzene rings is 1. The van der Waals surface area contributed by atoms with Crippen LogP contribution < -0.4 is 0 Å². The van der Waals surface area contributed by atoms with Crippen molar-refractivity contribution in [3.05, 3.63) is 76.9 Å². The fourth-order valence-corrected chi connectivity index (χ4v) is 2.58. The number of nitrogens with zero attached hydrogens (tertiary/aromatic N) is 2. The Hall–Kier alpha value is -2.59. The van der Waals surface area contributed by atoms with Gasteiger partial charge in [-0.15, -0.1) is 11.3 Å². The van der Waals surface area contributed by atoms with E-state index in [9.17, 15) is 4.79 Å². The first kappa shape index (κ1) is 13.4. The zero-order valence-corrected chi connectivity index (χ0v) is 12.0. The molecule has 0 spiro atoms. The number of thiazole rings is 1. The Morgan fingerprint density at radius 3 is 2.71 bits per heavy atom. The molecule has 2 aromatic heterocycles. The number of hydrogen-bond acceptors (Lipinski definition) is 4. The highest BCUT2D eigenvalue weighted by Gasteiger charge is 2.04. The third-order valence-corrected chi connectivity index (χ3v) is 3.72. The van der Waals surface area contributed by atoms with E-state index in [0.717, 1.165) is 16.3 Å². The summed E-state index contributed by atoms with van der Waals surface area (Å²) >= 11 is 1.52. The highest BCUT2D eigenvalue weighted by molar-refractivity contribution is 7.10. The summed E-state index contributed by atoms with van der Waals surface area (Å²) in [6, 6.07) is 13.5. The van der Waals surface area contributed by atoms with Gasteiger partial charge in [0.05, 0.1) is 5.69 Å². The largest absolute Gasteiger partial charge is 0.289 e. The van der Waals surface area contributed by atoms with Crippen LogP contribution in [0.1, 0.15) is 15.4 Å². The Balaban J connectivity index is 1.76. The zero-order chi connectivity index (χ0) is 14.5. The number of carbonyl (C=O) groups excluding carboxylic acids is 1. The van der Waals surface area contributed by atoms with Gasteiger partial charge in [0.2, 0.25) is 0 Å². The molecule has 102 valence electrons. The van der Waals surface area contributed by atoms with Crippen molar-refractivity contribution in [2.75, 3.05) is 0 Å². The van der Waals surface area contributed by atoms with Gasteiger partial charge >= 0.3 is 0 Å². The molecule has 0 atom stereocenters. The molecule has 0 bridgehead atoms. The SMILES string of the molecule is O=C(C=Cc1nc(-c2ccccc2)cs1)c1cccnc1. The summed E-state index contributed by atoms with van der Waals surface area (Å²) in [7, 11) is 0. The first-order valence-electron chi connectivity index (χ1n) is 6.46. The highest BCUT2D eigenvalue weighted by Crippen LogP contribution is 2.22. The fourth-order valence-electron chi connectivity index (χ4n) is 1.86.